The molecular formula is C11H9FO3. The van der Waals surface area contributed by atoms with Crippen LogP contribution >= 0.6 is 0 Å². The lowest BCUT2D eigenvalue weighted by Crippen LogP contribution is -2.10. The van der Waals surface area contributed by atoms with Crippen molar-refractivity contribution in [2.45, 2.75) is 0 Å². The first-order valence-corrected chi connectivity index (χ1v) is 4.14. The Balaban J connectivity index is 3.23. The molecule has 0 fully saturated rings. The predicted molar refractivity (Wildman–Crippen MR) is 52.4 cm³/mol. The molecule has 0 aliphatic rings. The van der Waals surface area contributed by atoms with Crippen LogP contribution in [0.5, 0.6) is 0 Å². The normalized spacial score (nSPS) is 9.47. The smallest absolute Gasteiger partial charge is 0.338 e. The third-order valence-electron chi connectivity index (χ3n) is 1.82. The van der Waals surface area contributed by atoms with Crippen LogP contribution in [0.15, 0.2) is 36.7 Å². The minimum Gasteiger partial charge on any atom is -0.465 e. The van der Waals surface area contributed by atoms with E-state index < -0.39 is 17.6 Å². The highest BCUT2D eigenvalue weighted by Crippen LogP contribution is 2.14. The molecule has 15 heavy (non-hydrogen) atoms. The van der Waals surface area contributed by atoms with Crippen LogP contribution in [-0.2, 0) is 4.74 Å². The Morgan fingerprint density at radius 1 is 1.27 bits per heavy atom. The summed E-state index contributed by atoms with van der Waals surface area (Å²) in [5.74, 6) is -2.69. The van der Waals surface area contributed by atoms with E-state index in [9.17, 15) is 14.0 Å². The molecule has 0 saturated heterocycles. The number of Topliss-reactive ketones (excluding diaryl/α,β-unsaturated/α-hetero) is 1. The van der Waals surface area contributed by atoms with Gasteiger partial charge in [-0.25, -0.2) is 9.18 Å². The number of hydrogen-bond acceptors (Lipinski definition) is 3. The molecule has 0 N–H and O–H groups in total. The number of carbonyl (C=O) groups excluding carboxylic acids is 2. The summed E-state index contributed by atoms with van der Waals surface area (Å²) < 4.78 is 17.1. The van der Waals surface area contributed by atoms with Crippen molar-refractivity contribution < 1.29 is 18.7 Å². The molecule has 0 heterocycles. The molecule has 1 aromatic rings. The zero-order valence-electron chi connectivity index (χ0n) is 8.12. The van der Waals surface area contributed by atoms with Crippen molar-refractivity contribution in [3.8, 4) is 0 Å². The number of halogens is 1. The molecule has 1 aromatic carbocycles. The lowest BCUT2D eigenvalue weighted by atomic mass is 10.0. The van der Waals surface area contributed by atoms with Crippen molar-refractivity contribution in [2.75, 3.05) is 7.11 Å². The van der Waals surface area contributed by atoms with E-state index in [-0.39, 0.29) is 11.1 Å². The van der Waals surface area contributed by atoms with Crippen molar-refractivity contribution in [3.63, 3.8) is 0 Å². The van der Waals surface area contributed by atoms with Gasteiger partial charge in [-0.05, 0) is 6.07 Å². The first-order chi connectivity index (χ1) is 7.07. The summed E-state index contributed by atoms with van der Waals surface area (Å²) in [4.78, 5) is 22.5. The highest BCUT2D eigenvalue weighted by molar-refractivity contribution is 6.12. The van der Waals surface area contributed by atoms with Crippen LogP contribution in [0, 0.1) is 0 Å². The van der Waals surface area contributed by atoms with E-state index in [0.29, 0.717) is 0 Å². The van der Waals surface area contributed by atoms with E-state index in [1.54, 1.807) is 6.07 Å². The minimum atomic E-state index is -1.11. The van der Waals surface area contributed by atoms with E-state index >= 15 is 0 Å². The number of ketones is 1. The Morgan fingerprint density at radius 3 is 2.27 bits per heavy atom. The van der Waals surface area contributed by atoms with Crippen molar-refractivity contribution in [1.29, 1.82) is 0 Å². The van der Waals surface area contributed by atoms with E-state index in [4.69, 9.17) is 0 Å². The molecule has 0 atom stereocenters. The zero-order valence-corrected chi connectivity index (χ0v) is 8.12. The summed E-state index contributed by atoms with van der Waals surface area (Å²) in [6.45, 7) is 2.89. The number of allylic oxidation sites excluding steroid dienone is 1. The Labute approximate surface area is 86.2 Å². The fourth-order valence-corrected chi connectivity index (χ4v) is 1.12. The molecule has 0 aromatic heterocycles. The molecule has 0 radical (unpaired) electrons. The number of rotatable bonds is 3. The van der Waals surface area contributed by atoms with Gasteiger partial charge in [0.2, 0.25) is 5.78 Å². The summed E-state index contributed by atoms with van der Waals surface area (Å²) >= 11 is 0. The summed E-state index contributed by atoms with van der Waals surface area (Å²) in [5.41, 5.74) is -0.0133. The van der Waals surface area contributed by atoms with Crippen molar-refractivity contribution in [3.05, 3.63) is 47.8 Å². The molecule has 0 bridgehead atoms. The van der Waals surface area contributed by atoms with E-state index in [1.807, 2.05) is 0 Å². The maximum absolute atomic E-state index is 12.6. The largest absolute Gasteiger partial charge is 0.465 e. The van der Waals surface area contributed by atoms with Crippen LogP contribution in [0.1, 0.15) is 20.7 Å². The van der Waals surface area contributed by atoms with E-state index in [0.717, 1.165) is 0 Å². The van der Waals surface area contributed by atoms with Crippen LogP contribution in [-0.4, -0.2) is 18.9 Å². The summed E-state index contributed by atoms with van der Waals surface area (Å²) in [6.07, 6.45) is 0. The number of benzene rings is 1. The molecule has 4 heteroatoms. The average Bonchev–Trinajstić information content (AvgIpc) is 2.27. The SMILES string of the molecule is C=C(F)C(=O)c1ccccc1C(=O)OC. The molecule has 1 rings (SSSR count). The molecule has 0 spiro atoms. The molecule has 0 amide bonds. The van der Waals surface area contributed by atoms with Gasteiger partial charge in [-0.2, -0.15) is 0 Å². The van der Waals surface area contributed by atoms with Gasteiger partial charge in [0, 0.05) is 5.56 Å². The number of carbonyl (C=O) groups is 2. The Kier molecular flexibility index (Phi) is 3.33. The fourth-order valence-electron chi connectivity index (χ4n) is 1.12. The summed E-state index contributed by atoms with van der Waals surface area (Å²) in [5, 5.41) is 0. The molecular weight excluding hydrogens is 199 g/mol. The van der Waals surface area contributed by atoms with Gasteiger partial charge < -0.3 is 4.74 Å². The van der Waals surface area contributed by atoms with Crippen LogP contribution in [0.3, 0.4) is 0 Å². The molecule has 0 aliphatic heterocycles. The van der Waals surface area contributed by atoms with Gasteiger partial charge >= 0.3 is 5.97 Å². The number of hydrogen-bond donors (Lipinski definition) is 0. The van der Waals surface area contributed by atoms with E-state index in [2.05, 4.69) is 11.3 Å². The number of methoxy groups -OCH3 is 1. The van der Waals surface area contributed by atoms with Gasteiger partial charge in [0.05, 0.1) is 12.7 Å². The van der Waals surface area contributed by atoms with Crippen LogP contribution in [0.2, 0.25) is 0 Å². The first kappa shape index (κ1) is 11.1. The Morgan fingerprint density at radius 2 is 1.80 bits per heavy atom. The van der Waals surface area contributed by atoms with Gasteiger partial charge in [0.25, 0.3) is 0 Å². The lowest BCUT2D eigenvalue weighted by molar-refractivity contribution is 0.0597. The van der Waals surface area contributed by atoms with Gasteiger partial charge in [-0.15, -0.1) is 0 Å². The van der Waals surface area contributed by atoms with Gasteiger partial charge in [0.15, 0.2) is 5.83 Å². The van der Waals surface area contributed by atoms with Gasteiger partial charge in [-0.3, -0.25) is 4.79 Å². The zero-order chi connectivity index (χ0) is 11.4. The maximum Gasteiger partial charge on any atom is 0.338 e. The third kappa shape index (κ3) is 2.28. The van der Waals surface area contributed by atoms with Gasteiger partial charge in [-0.1, -0.05) is 24.8 Å². The molecule has 0 unspecified atom stereocenters. The minimum absolute atomic E-state index is 0.0313. The third-order valence-corrected chi connectivity index (χ3v) is 1.82. The molecule has 0 aliphatic carbocycles. The topological polar surface area (TPSA) is 43.4 Å². The van der Waals surface area contributed by atoms with Crippen LogP contribution in [0.4, 0.5) is 4.39 Å². The molecule has 78 valence electrons. The first-order valence-electron chi connectivity index (χ1n) is 4.14. The molecule has 0 saturated carbocycles. The quantitative estimate of drug-likeness (QED) is 0.434. The number of ether oxygens (including phenoxy) is 1. The summed E-state index contributed by atoms with van der Waals surface area (Å²) in [7, 11) is 1.19. The maximum atomic E-state index is 12.6. The van der Waals surface area contributed by atoms with Crippen LogP contribution < -0.4 is 0 Å². The van der Waals surface area contributed by atoms with E-state index in [1.165, 1.54) is 25.3 Å². The predicted octanol–water partition coefficient (Wildman–Crippen LogP) is 2.14. The second-order valence-corrected chi connectivity index (χ2v) is 2.77. The highest BCUT2D eigenvalue weighted by atomic mass is 19.1. The standard InChI is InChI=1S/C11H9FO3/c1-7(12)10(13)8-5-3-4-6-9(8)11(14)15-2/h3-6H,1H2,2H3. The van der Waals surface area contributed by atoms with Gasteiger partial charge in [0.1, 0.15) is 0 Å². The lowest BCUT2D eigenvalue weighted by Gasteiger charge is -2.04. The highest BCUT2D eigenvalue weighted by Gasteiger charge is 2.18. The van der Waals surface area contributed by atoms with Crippen molar-refractivity contribution >= 4 is 11.8 Å². The second-order valence-electron chi connectivity index (χ2n) is 2.77. The Bertz CT molecular complexity index is 424. The average molecular weight is 208 g/mol. The van der Waals surface area contributed by atoms with Crippen molar-refractivity contribution in [1.82, 2.24) is 0 Å². The number of esters is 1. The monoisotopic (exact) mass is 208 g/mol. The fraction of sp³-hybridized carbons (Fsp3) is 0.0909. The van der Waals surface area contributed by atoms with Crippen LogP contribution in [0.25, 0.3) is 0 Å². The second kappa shape index (κ2) is 4.50. The summed E-state index contributed by atoms with van der Waals surface area (Å²) in [6, 6.07) is 5.83. The Hall–Kier alpha value is -1.97. The van der Waals surface area contributed by atoms with Crippen molar-refractivity contribution in [2.24, 2.45) is 0 Å². The molecule has 3 nitrogen and oxygen atoms in total.